The topological polar surface area (TPSA) is 25.8 Å². The lowest BCUT2D eigenvalue weighted by Gasteiger charge is -2.12. The monoisotopic (exact) mass is 222 g/mol. The van der Waals surface area contributed by atoms with Crippen molar-refractivity contribution in [3.63, 3.8) is 0 Å². The van der Waals surface area contributed by atoms with Crippen molar-refractivity contribution < 1.29 is 10.1 Å². The van der Waals surface area contributed by atoms with Gasteiger partial charge in [0.25, 0.3) is 0 Å². The highest BCUT2D eigenvalue weighted by atomic mass is 16.5. The molecule has 0 spiro atoms. The van der Waals surface area contributed by atoms with Crippen LogP contribution in [-0.2, 0) is 6.54 Å². The van der Waals surface area contributed by atoms with Gasteiger partial charge in [-0.3, -0.25) is 0 Å². The minimum atomic E-state index is 0.752. The van der Waals surface area contributed by atoms with Crippen molar-refractivity contribution in [2.45, 2.75) is 46.2 Å². The van der Waals surface area contributed by atoms with Crippen LogP contribution in [0.15, 0.2) is 18.2 Å². The van der Waals surface area contributed by atoms with Crippen LogP contribution >= 0.6 is 0 Å². The van der Waals surface area contributed by atoms with Crippen LogP contribution < -0.4 is 10.1 Å². The van der Waals surface area contributed by atoms with Gasteiger partial charge in [-0.05, 0) is 43.5 Å². The summed E-state index contributed by atoms with van der Waals surface area (Å²) in [5.41, 5.74) is 2.60. The van der Waals surface area contributed by atoms with Gasteiger partial charge in [-0.1, -0.05) is 13.8 Å². The quantitative estimate of drug-likeness (QED) is 0.785. The highest BCUT2D eigenvalue weighted by Crippen LogP contribution is 2.17. The first kappa shape index (κ1) is 13.0. The summed E-state index contributed by atoms with van der Waals surface area (Å²) in [6.45, 7) is 7.67. The number of ether oxygens (including phenoxy) is 1. The third-order valence-electron chi connectivity index (χ3n) is 3.19. The van der Waals surface area contributed by atoms with Gasteiger partial charge in [0.2, 0.25) is 0 Å². The molecule has 2 N–H and O–H groups in total. The average molecular weight is 222 g/mol. The van der Waals surface area contributed by atoms with Gasteiger partial charge in [0.05, 0.1) is 13.2 Å². The van der Waals surface area contributed by atoms with E-state index in [9.17, 15) is 0 Å². The maximum Gasteiger partial charge on any atom is 0.121 e. The summed E-state index contributed by atoms with van der Waals surface area (Å²) >= 11 is 0. The molecule has 1 rings (SSSR count). The molecule has 1 aromatic rings. The molecule has 0 aliphatic rings. The van der Waals surface area contributed by atoms with E-state index in [1.54, 1.807) is 7.11 Å². The predicted molar refractivity (Wildman–Crippen MR) is 67.7 cm³/mol. The van der Waals surface area contributed by atoms with E-state index in [4.69, 9.17) is 4.74 Å². The van der Waals surface area contributed by atoms with Crippen molar-refractivity contribution in [2.75, 3.05) is 7.11 Å². The summed E-state index contributed by atoms with van der Waals surface area (Å²) in [7, 11) is 1.72. The molecule has 0 aromatic heterocycles. The molecule has 2 heteroatoms. The van der Waals surface area contributed by atoms with E-state index in [2.05, 4.69) is 44.3 Å². The van der Waals surface area contributed by atoms with E-state index in [0.717, 1.165) is 18.3 Å². The van der Waals surface area contributed by atoms with Gasteiger partial charge in [0.1, 0.15) is 12.3 Å². The molecular weight excluding hydrogens is 198 g/mol. The van der Waals surface area contributed by atoms with E-state index in [0.29, 0.717) is 0 Å². The minimum absolute atomic E-state index is 0.752. The molecule has 0 amide bonds. The molecule has 16 heavy (non-hydrogen) atoms. The normalized spacial score (nSPS) is 10.8. The summed E-state index contributed by atoms with van der Waals surface area (Å²) in [6.07, 6.45) is 2.48. The Morgan fingerprint density at radius 1 is 1.25 bits per heavy atom. The van der Waals surface area contributed by atoms with Crippen LogP contribution in [0.4, 0.5) is 0 Å². The number of hydrogen-bond acceptors (Lipinski definition) is 1. The average Bonchev–Trinajstić information content (AvgIpc) is 2.30. The molecule has 0 radical (unpaired) electrons. The lowest BCUT2D eigenvalue weighted by Crippen LogP contribution is -2.88. The van der Waals surface area contributed by atoms with Crippen molar-refractivity contribution in [2.24, 2.45) is 0 Å². The summed E-state index contributed by atoms with van der Waals surface area (Å²) in [5.74, 6) is 0.978. The largest absolute Gasteiger partial charge is 0.496 e. The SMILES string of the molecule is CCC(CC)[NH2+]Cc1ccc(OC)c(C)c1. The Bertz CT molecular complexity index is 319. The number of hydrogen-bond donors (Lipinski definition) is 1. The molecule has 0 aliphatic carbocycles. The molecule has 1 aromatic carbocycles. The number of nitrogens with two attached hydrogens (primary N) is 1. The molecule has 90 valence electrons. The zero-order valence-electron chi connectivity index (χ0n) is 10.9. The van der Waals surface area contributed by atoms with Crippen LogP contribution in [0.5, 0.6) is 5.75 Å². The zero-order chi connectivity index (χ0) is 12.0. The van der Waals surface area contributed by atoms with Gasteiger partial charge in [0.15, 0.2) is 0 Å². The van der Waals surface area contributed by atoms with Gasteiger partial charge >= 0.3 is 0 Å². The van der Waals surface area contributed by atoms with Crippen LogP contribution in [-0.4, -0.2) is 13.2 Å². The fraction of sp³-hybridized carbons (Fsp3) is 0.571. The van der Waals surface area contributed by atoms with Crippen molar-refractivity contribution >= 4 is 0 Å². The first-order valence-electron chi connectivity index (χ1n) is 6.18. The van der Waals surface area contributed by atoms with Gasteiger partial charge < -0.3 is 10.1 Å². The Labute approximate surface area is 99.0 Å². The maximum absolute atomic E-state index is 5.26. The van der Waals surface area contributed by atoms with Crippen LogP contribution in [0.1, 0.15) is 37.8 Å². The Hall–Kier alpha value is -1.02. The molecule has 0 aliphatic heterocycles. The zero-order valence-corrected chi connectivity index (χ0v) is 10.9. The molecule has 0 unspecified atom stereocenters. The third-order valence-corrected chi connectivity index (χ3v) is 3.19. The van der Waals surface area contributed by atoms with Gasteiger partial charge in [-0.25, -0.2) is 0 Å². The van der Waals surface area contributed by atoms with E-state index in [1.165, 1.54) is 24.0 Å². The molecule has 2 nitrogen and oxygen atoms in total. The van der Waals surface area contributed by atoms with E-state index >= 15 is 0 Å². The lowest BCUT2D eigenvalue weighted by molar-refractivity contribution is -0.704. The highest BCUT2D eigenvalue weighted by Gasteiger charge is 2.07. The second-order valence-electron chi connectivity index (χ2n) is 4.32. The number of aryl methyl sites for hydroxylation is 1. The summed E-state index contributed by atoms with van der Waals surface area (Å²) in [4.78, 5) is 0. The molecule has 0 saturated carbocycles. The van der Waals surface area contributed by atoms with Crippen molar-refractivity contribution in [1.82, 2.24) is 0 Å². The first-order chi connectivity index (χ1) is 7.71. The summed E-state index contributed by atoms with van der Waals surface area (Å²) in [6, 6.07) is 7.19. The molecular formula is C14H24NO+. The van der Waals surface area contributed by atoms with Gasteiger partial charge in [0, 0.05) is 5.56 Å². The summed E-state index contributed by atoms with van der Waals surface area (Å²) < 4.78 is 5.26. The standard InChI is InChI=1S/C14H23NO/c1-5-13(6-2)15-10-12-7-8-14(16-4)11(3)9-12/h7-9,13,15H,5-6,10H2,1-4H3/p+1. The van der Waals surface area contributed by atoms with E-state index in [1.807, 2.05) is 0 Å². The number of rotatable bonds is 6. The molecule has 0 fully saturated rings. The van der Waals surface area contributed by atoms with Crippen molar-refractivity contribution in [3.8, 4) is 5.75 Å². The predicted octanol–water partition coefficient (Wildman–Crippen LogP) is 2.26. The Balaban J connectivity index is 2.58. The van der Waals surface area contributed by atoms with Crippen LogP contribution in [0.3, 0.4) is 0 Å². The lowest BCUT2D eigenvalue weighted by atomic mass is 10.1. The summed E-state index contributed by atoms with van der Waals surface area (Å²) in [5, 5.41) is 2.43. The smallest absolute Gasteiger partial charge is 0.121 e. The molecule has 0 saturated heterocycles. The van der Waals surface area contributed by atoms with Gasteiger partial charge in [-0.15, -0.1) is 0 Å². The van der Waals surface area contributed by atoms with E-state index in [-0.39, 0.29) is 0 Å². The minimum Gasteiger partial charge on any atom is -0.496 e. The van der Waals surface area contributed by atoms with Crippen LogP contribution in [0.25, 0.3) is 0 Å². The second kappa shape index (κ2) is 6.54. The van der Waals surface area contributed by atoms with Crippen LogP contribution in [0, 0.1) is 6.92 Å². The maximum atomic E-state index is 5.26. The third kappa shape index (κ3) is 3.53. The fourth-order valence-electron chi connectivity index (χ4n) is 1.99. The number of methoxy groups -OCH3 is 1. The van der Waals surface area contributed by atoms with E-state index < -0.39 is 0 Å². The number of quaternary nitrogens is 1. The number of benzene rings is 1. The van der Waals surface area contributed by atoms with Gasteiger partial charge in [-0.2, -0.15) is 0 Å². The Morgan fingerprint density at radius 3 is 2.44 bits per heavy atom. The van der Waals surface area contributed by atoms with Crippen molar-refractivity contribution in [1.29, 1.82) is 0 Å². The fourth-order valence-corrected chi connectivity index (χ4v) is 1.99. The molecule has 0 atom stereocenters. The highest BCUT2D eigenvalue weighted by molar-refractivity contribution is 5.35. The molecule has 0 heterocycles. The Kier molecular flexibility index (Phi) is 5.33. The molecule has 0 bridgehead atoms. The van der Waals surface area contributed by atoms with Crippen molar-refractivity contribution in [3.05, 3.63) is 29.3 Å². The van der Waals surface area contributed by atoms with Crippen LogP contribution in [0.2, 0.25) is 0 Å². The second-order valence-corrected chi connectivity index (χ2v) is 4.32. The Morgan fingerprint density at radius 2 is 1.94 bits per heavy atom. The first-order valence-corrected chi connectivity index (χ1v) is 6.18.